The predicted octanol–water partition coefficient (Wildman–Crippen LogP) is 2.15. The number of sulfone groups is 1. The van der Waals surface area contributed by atoms with Gasteiger partial charge in [0.25, 0.3) is 0 Å². The van der Waals surface area contributed by atoms with Crippen molar-refractivity contribution in [2.75, 3.05) is 6.26 Å². The fraction of sp³-hybridized carbons (Fsp3) is 0.200. The average molecular weight is 301 g/mol. The number of benzene rings is 1. The second-order valence-electron chi connectivity index (χ2n) is 4.96. The molecule has 0 aliphatic rings. The van der Waals surface area contributed by atoms with Gasteiger partial charge in [0.2, 0.25) is 0 Å². The summed E-state index contributed by atoms with van der Waals surface area (Å²) in [5.41, 5.74) is 2.53. The summed E-state index contributed by atoms with van der Waals surface area (Å²) in [5, 5.41) is 0. The van der Waals surface area contributed by atoms with Gasteiger partial charge in [-0.3, -0.25) is 4.98 Å². The van der Waals surface area contributed by atoms with Gasteiger partial charge in [0.15, 0.2) is 9.84 Å². The van der Waals surface area contributed by atoms with E-state index in [1.807, 2.05) is 18.2 Å². The molecule has 3 rings (SSSR count). The van der Waals surface area contributed by atoms with Gasteiger partial charge in [0.1, 0.15) is 5.82 Å². The topological polar surface area (TPSA) is 75.7 Å². The van der Waals surface area contributed by atoms with Crippen LogP contribution in [-0.4, -0.2) is 29.6 Å². The van der Waals surface area contributed by atoms with Crippen molar-refractivity contribution in [3.8, 4) is 0 Å². The Hall–Kier alpha value is -2.21. The third-order valence-electron chi connectivity index (χ3n) is 3.27. The molecule has 0 bridgehead atoms. The smallest absolute Gasteiger partial charge is 0.175 e. The number of hydrogen-bond acceptors (Lipinski definition) is 4. The van der Waals surface area contributed by atoms with Gasteiger partial charge in [-0.2, -0.15) is 0 Å². The molecule has 0 aliphatic carbocycles. The maximum absolute atomic E-state index is 11.6. The lowest BCUT2D eigenvalue weighted by atomic mass is 10.2. The van der Waals surface area contributed by atoms with Crippen LogP contribution in [0.4, 0.5) is 0 Å². The highest BCUT2D eigenvalue weighted by Crippen LogP contribution is 2.18. The number of imidazole rings is 1. The molecule has 1 N–H and O–H groups in total. The molecule has 0 fully saturated rings. The fourth-order valence-electron chi connectivity index (χ4n) is 2.18. The Balaban J connectivity index is 1.84. The number of aromatic nitrogens is 3. The molecule has 0 amide bonds. The van der Waals surface area contributed by atoms with E-state index in [9.17, 15) is 8.42 Å². The zero-order valence-corrected chi connectivity index (χ0v) is 12.4. The standard InChI is InChI=1S/C15H15N3O2S/c1-21(19,20)12-6-7-13-14(10-12)18-15(17-13)8-5-11-4-2-3-9-16-11/h2-4,6-7,9-10H,5,8H2,1H3,(H,17,18). The van der Waals surface area contributed by atoms with Crippen molar-refractivity contribution in [1.82, 2.24) is 15.0 Å². The van der Waals surface area contributed by atoms with Crippen molar-refractivity contribution in [3.63, 3.8) is 0 Å². The van der Waals surface area contributed by atoms with E-state index in [4.69, 9.17) is 0 Å². The Kier molecular flexibility index (Phi) is 3.47. The Labute approximate surface area is 123 Å². The monoisotopic (exact) mass is 301 g/mol. The molecule has 2 heterocycles. The first-order valence-corrected chi connectivity index (χ1v) is 8.50. The molecule has 0 unspecified atom stereocenters. The van der Waals surface area contributed by atoms with Crippen LogP contribution < -0.4 is 0 Å². The number of nitrogens with zero attached hydrogens (tertiary/aromatic N) is 2. The molecule has 108 valence electrons. The Morgan fingerprint density at radius 3 is 2.71 bits per heavy atom. The molecule has 6 heteroatoms. The molecule has 21 heavy (non-hydrogen) atoms. The van der Waals surface area contributed by atoms with Crippen molar-refractivity contribution in [1.29, 1.82) is 0 Å². The van der Waals surface area contributed by atoms with Crippen LogP contribution >= 0.6 is 0 Å². The molecule has 2 aromatic heterocycles. The summed E-state index contributed by atoms with van der Waals surface area (Å²) < 4.78 is 23.1. The molecule has 0 saturated heterocycles. The number of rotatable bonds is 4. The van der Waals surface area contributed by atoms with Crippen LogP contribution in [0.2, 0.25) is 0 Å². The lowest BCUT2D eigenvalue weighted by Crippen LogP contribution is -1.96. The van der Waals surface area contributed by atoms with Gasteiger partial charge in [0, 0.05) is 24.6 Å². The summed E-state index contributed by atoms with van der Waals surface area (Å²) in [6.07, 6.45) is 4.50. The molecule has 3 aromatic rings. The zero-order valence-electron chi connectivity index (χ0n) is 11.6. The van der Waals surface area contributed by atoms with Gasteiger partial charge >= 0.3 is 0 Å². The molecule has 0 atom stereocenters. The van der Waals surface area contributed by atoms with Gasteiger partial charge in [-0.15, -0.1) is 0 Å². The van der Waals surface area contributed by atoms with E-state index >= 15 is 0 Å². The number of hydrogen-bond donors (Lipinski definition) is 1. The number of fused-ring (bicyclic) bond motifs is 1. The minimum absolute atomic E-state index is 0.301. The second-order valence-corrected chi connectivity index (χ2v) is 6.97. The molecule has 0 saturated carbocycles. The summed E-state index contributed by atoms with van der Waals surface area (Å²) >= 11 is 0. The zero-order chi connectivity index (χ0) is 14.9. The molecular weight excluding hydrogens is 286 g/mol. The lowest BCUT2D eigenvalue weighted by molar-refractivity contribution is 0.602. The molecular formula is C15H15N3O2S. The second kappa shape index (κ2) is 5.29. The summed E-state index contributed by atoms with van der Waals surface area (Å²) in [6.45, 7) is 0. The van der Waals surface area contributed by atoms with Crippen molar-refractivity contribution in [2.24, 2.45) is 0 Å². The van der Waals surface area contributed by atoms with Gasteiger partial charge in [-0.25, -0.2) is 13.4 Å². The highest BCUT2D eigenvalue weighted by atomic mass is 32.2. The fourth-order valence-corrected chi connectivity index (χ4v) is 2.83. The number of aryl methyl sites for hydroxylation is 2. The summed E-state index contributed by atoms with van der Waals surface area (Å²) in [7, 11) is -3.20. The van der Waals surface area contributed by atoms with Crippen LogP contribution in [-0.2, 0) is 22.7 Å². The minimum Gasteiger partial charge on any atom is -0.342 e. The summed E-state index contributed by atoms with van der Waals surface area (Å²) in [4.78, 5) is 12.2. The van der Waals surface area contributed by atoms with E-state index in [0.29, 0.717) is 4.90 Å². The van der Waals surface area contributed by atoms with E-state index in [1.54, 1.807) is 24.4 Å². The van der Waals surface area contributed by atoms with E-state index in [0.717, 1.165) is 35.4 Å². The average Bonchev–Trinajstić information content (AvgIpc) is 2.87. The maximum atomic E-state index is 11.6. The highest BCUT2D eigenvalue weighted by Gasteiger charge is 2.10. The maximum Gasteiger partial charge on any atom is 0.175 e. The van der Waals surface area contributed by atoms with Crippen LogP contribution in [0.5, 0.6) is 0 Å². The van der Waals surface area contributed by atoms with E-state index in [1.165, 1.54) is 6.26 Å². The molecule has 5 nitrogen and oxygen atoms in total. The third-order valence-corrected chi connectivity index (χ3v) is 4.38. The predicted molar refractivity (Wildman–Crippen MR) is 80.8 cm³/mol. The lowest BCUT2D eigenvalue weighted by Gasteiger charge is -1.97. The Morgan fingerprint density at radius 2 is 2.00 bits per heavy atom. The van der Waals surface area contributed by atoms with Crippen LogP contribution in [0.3, 0.4) is 0 Å². The quantitative estimate of drug-likeness (QED) is 0.801. The van der Waals surface area contributed by atoms with Gasteiger partial charge in [-0.1, -0.05) is 6.07 Å². The molecule has 0 aliphatic heterocycles. The number of H-pyrrole nitrogens is 1. The molecule has 0 radical (unpaired) electrons. The Morgan fingerprint density at radius 1 is 1.14 bits per heavy atom. The Bertz CT molecular complexity index is 870. The van der Waals surface area contributed by atoms with Gasteiger partial charge in [0.05, 0.1) is 15.9 Å². The minimum atomic E-state index is -3.20. The first-order valence-electron chi connectivity index (χ1n) is 6.61. The molecule has 0 spiro atoms. The number of nitrogens with one attached hydrogen (secondary N) is 1. The summed E-state index contributed by atoms with van der Waals surface area (Å²) in [5.74, 6) is 0.835. The number of pyridine rings is 1. The van der Waals surface area contributed by atoms with Crippen LogP contribution in [0.25, 0.3) is 11.0 Å². The normalized spacial score (nSPS) is 11.9. The van der Waals surface area contributed by atoms with Gasteiger partial charge in [-0.05, 0) is 36.8 Å². The number of aromatic amines is 1. The molecule has 1 aromatic carbocycles. The van der Waals surface area contributed by atoms with Crippen molar-refractivity contribution >= 4 is 20.9 Å². The van der Waals surface area contributed by atoms with Crippen LogP contribution in [0, 0.1) is 0 Å². The van der Waals surface area contributed by atoms with E-state index in [2.05, 4.69) is 15.0 Å². The van der Waals surface area contributed by atoms with E-state index in [-0.39, 0.29) is 0 Å². The largest absolute Gasteiger partial charge is 0.342 e. The SMILES string of the molecule is CS(=O)(=O)c1ccc2nc(CCc3ccccn3)[nH]c2c1. The summed E-state index contributed by atoms with van der Waals surface area (Å²) in [6, 6.07) is 10.8. The van der Waals surface area contributed by atoms with Crippen molar-refractivity contribution < 1.29 is 8.42 Å². The first kappa shape index (κ1) is 13.8. The third kappa shape index (κ3) is 3.11. The van der Waals surface area contributed by atoms with E-state index < -0.39 is 9.84 Å². The van der Waals surface area contributed by atoms with Gasteiger partial charge < -0.3 is 4.98 Å². The van der Waals surface area contributed by atoms with Crippen LogP contribution in [0.15, 0.2) is 47.5 Å². The highest BCUT2D eigenvalue weighted by molar-refractivity contribution is 7.90. The first-order chi connectivity index (χ1) is 10.0. The van der Waals surface area contributed by atoms with Crippen LogP contribution in [0.1, 0.15) is 11.5 Å². The van der Waals surface area contributed by atoms with Crippen molar-refractivity contribution in [2.45, 2.75) is 17.7 Å². The van der Waals surface area contributed by atoms with Crippen molar-refractivity contribution in [3.05, 3.63) is 54.1 Å².